The number of hydrogen-bond donors (Lipinski definition) is 0. The maximum atomic E-state index is 6.49. The highest BCUT2D eigenvalue weighted by Gasteiger charge is 2.54. The van der Waals surface area contributed by atoms with E-state index >= 15 is 0 Å². The van der Waals surface area contributed by atoms with Crippen LogP contribution in [0.15, 0.2) is 89.4 Å². The highest BCUT2D eigenvalue weighted by Crippen LogP contribution is 2.55. The summed E-state index contributed by atoms with van der Waals surface area (Å²) in [6.45, 7) is 8.56. The topological polar surface area (TPSA) is 18.5 Å². The van der Waals surface area contributed by atoms with Crippen LogP contribution in [0.5, 0.6) is 0 Å². The first-order chi connectivity index (χ1) is 19.7. The minimum Gasteiger partial charge on any atom is -0.399 e. The number of hydrogen-bond acceptors (Lipinski definition) is 2. The molecule has 8 rings (SSSR count). The number of fused-ring (bicyclic) bond motifs is 8. The molecule has 1 saturated carbocycles. The van der Waals surface area contributed by atoms with Gasteiger partial charge in [0.05, 0.1) is 11.2 Å². The summed E-state index contributed by atoms with van der Waals surface area (Å²) in [5.41, 5.74) is 12.2. The Kier molecular flexibility index (Phi) is 6.61. The molecule has 0 N–H and O–H groups in total. The van der Waals surface area contributed by atoms with Crippen molar-refractivity contribution in [2.24, 2.45) is 0 Å². The molecule has 1 heterocycles. The molecule has 0 aromatic heterocycles. The van der Waals surface area contributed by atoms with Gasteiger partial charge in [0.15, 0.2) is 0 Å². The van der Waals surface area contributed by atoms with Crippen molar-refractivity contribution in [2.75, 3.05) is 0 Å². The normalized spacial score (nSPS) is 20.1. The number of rotatable bonds is 1. The van der Waals surface area contributed by atoms with E-state index in [2.05, 4.69) is 129 Å². The van der Waals surface area contributed by atoms with Crippen LogP contribution >= 0.6 is 15.9 Å². The summed E-state index contributed by atoms with van der Waals surface area (Å²) in [7, 11) is -0.293. The quantitative estimate of drug-likeness (QED) is 0.178. The maximum Gasteiger partial charge on any atom is 0.495 e. The molecule has 4 aromatic carbocycles. The van der Waals surface area contributed by atoms with Gasteiger partial charge in [-0.3, -0.25) is 0 Å². The Labute approximate surface area is 253 Å². The summed E-state index contributed by atoms with van der Waals surface area (Å²) in [6, 6.07) is 30.8. The van der Waals surface area contributed by atoms with Crippen LogP contribution in [-0.4, -0.2) is 18.3 Å². The van der Waals surface area contributed by atoms with E-state index in [1.807, 2.05) is 0 Å². The standard InChI is InChI=1S/C24H29BO2.C13H9Br/c1-22(2)23(3,4)27-25(26-22)20-14-10-12-18-17-11-6-7-13-19(17)24(21(18)20)15-8-5-9-16-24;14-13-7-3-6-11-10-5-2-1-4-9(10)8-12(11)13/h6-7,10-14H,5,8-9,15-16H2,1-4H3;1-7H,8H2. The SMILES string of the molecule is Brc1cccc2c1Cc1ccccc1-2.CC1(C)OB(c2cccc3c2C2(CCCCC2)c2ccccc2-3)OC1(C)C. The predicted octanol–water partition coefficient (Wildman–Crippen LogP) is 9.24. The fourth-order valence-corrected chi connectivity index (χ4v) is 8.06. The molecule has 4 aromatic rings. The van der Waals surface area contributed by atoms with E-state index in [0.29, 0.717) is 0 Å². The summed E-state index contributed by atoms with van der Waals surface area (Å²) in [6.07, 6.45) is 7.46. The van der Waals surface area contributed by atoms with Gasteiger partial charge in [-0.2, -0.15) is 0 Å². The Morgan fingerprint density at radius 1 is 0.634 bits per heavy atom. The lowest BCUT2D eigenvalue weighted by molar-refractivity contribution is 0.00578. The summed E-state index contributed by atoms with van der Waals surface area (Å²) in [5, 5.41) is 0. The van der Waals surface area contributed by atoms with Gasteiger partial charge in [0.1, 0.15) is 0 Å². The molecule has 41 heavy (non-hydrogen) atoms. The first kappa shape index (κ1) is 27.2. The molecule has 0 atom stereocenters. The second-order valence-corrected chi connectivity index (χ2v) is 14.0. The molecular weight excluding hydrogens is 567 g/mol. The zero-order valence-corrected chi connectivity index (χ0v) is 26.2. The Morgan fingerprint density at radius 3 is 2.00 bits per heavy atom. The van der Waals surface area contributed by atoms with Crippen molar-refractivity contribution in [3.05, 3.63) is 112 Å². The molecule has 0 radical (unpaired) electrons. The van der Waals surface area contributed by atoms with Crippen molar-refractivity contribution < 1.29 is 9.31 Å². The first-order valence-corrected chi connectivity index (χ1v) is 16.0. The van der Waals surface area contributed by atoms with Gasteiger partial charge >= 0.3 is 7.12 Å². The fourth-order valence-electron chi connectivity index (χ4n) is 7.56. The van der Waals surface area contributed by atoms with Crippen LogP contribution in [0.2, 0.25) is 0 Å². The molecular formula is C37H38BBrO2. The zero-order valence-electron chi connectivity index (χ0n) is 24.6. The molecule has 1 spiro atoms. The van der Waals surface area contributed by atoms with Crippen LogP contribution in [-0.2, 0) is 21.1 Å². The molecule has 4 heteroatoms. The molecule has 0 unspecified atom stereocenters. The molecule has 2 nitrogen and oxygen atoms in total. The van der Waals surface area contributed by atoms with Crippen LogP contribution in [0.3, 0.4) is 0 Å². The van der Waals surface area contributed by atoms with E-state index in [1.165, 1.54) is 86.5 Å². The molecule has 4 aliphatic rings. The summed E-state index contributed by atoms with van der Waals surface area (Å²) in [4.78, 5) is 0. The van der Waals surface area contributed by atoms with Crippen LogP contribution in [0.25, 0.3) is 22.3 Å². The third-order valence-corrected chi connectivity index (χ3v) is 11.1. The Morgan fingerprint density at radius 2 is 1.24 bits per heavy atom. The average Bonchev–Trinajstić information content (AvgIpc) is 3.56. The monoisotopic (exact) mass is 604 g/mol. The minimum absolute atomic E-state index is 0.129. The van der Waals surface area contributed by atoms with E-state index in [9.17, 15) is 0 Å². The third-order valence-electron chi connectivity index (χ3n) is 10.3. The molecule has 0 bridgehead atoms. The number of halogens is 1. The van der Waals surface area contributed by atoms with Crippen molar-refractivity contribution in [3.8, 4) is 22.3 Å². The van der Waals surface area contributed by atoms with Crippen molar-refractivity contribution in [2.45, 2.75) is 82.8 Å². The van der Waals surface area contributed by atoms with E-state index in [-0.39, 0.29) is 23.7 Å². The van der Waals surface area contributed by atoms with Gasteiger partial charge in [-0.25, -0.2) is 0 Å². The molecule has 1 aliphatic heterocycles. The molecule has 208 valence electrons. The van der Waals surface area contributed by atoms with Crippen molar-refractivity contribution >= 4 is 28.5 Å². The Hall–Kier alpha value is -2.66. The fraction of sp³-hybridized carbons (Fsp3) is 0.351. The van der Waals surface area contributed by atoms with Gasteiger partial charge in [0.25, 0.3) is 0 Å². The van der Waals surface area contributed by atoms with E-state index in [0.717, 1.165) is 6.42 Å². The van der Waals surface area contributed by atoms with Crippen LogP contribution < -0.4 is 5.46 Å². The third kappa shape index (κ3) is 4.28. The van der Waals surface area contributed by atoms with Gasteiger partial charge in [-0.15, -0.1) is 0 Å². The average molecular weight is 605 g/mol. The Balaban J connectivity index is 0.000000165. The van der Waals surface area contributed by atoms with Crippen LogP contribution in [0.4, 0.5) is 0 Å². The van der Waals surface area contributed by atoms with Gasteiger partial charge < -0.3 is 9.31 Å². The van der Waals surface area contributed by atoms with Crippen molar-refractivity contribution in [1.29, 1.82) is 0 Å². The van der Waals surface area contributed by atoms with Gasteiger partial charge in [0.2, 0.25) is 0 Å². The second-order valence-electron chi connectivity index (χ2n) is 13.1. The lowest BCUT2D eigenvalue weighted by Crippen LogP contribution is -2.42. The first-order valence-electron chi connectivity index (χ1n) is 15.2. The van der Waals surface area contributed by atoms with Gasteiger partial charge in [0, 0.05) is 9.89 Å². The second kappa shape index (κ2) is 9.97. The largest absolute Gasteiger partial charge is 0.495 e. The van der Waals surface area contributed by atoms with Crippen LogP contribution in [0, 0.1) is 0 Å². The minimum atomic E-state index is -0.314. The summed E-state index contributed by atoms with van der Waals surface area (Å²) >= 11 is 3.61. The van der Waals surface area contributed by atoms with E-state index in [4.69, 9.17) is 9.31 Å². The molecule has 1 saturated heterocycles. The lowest BCUT2D eigenvalue weighted by Gasteiger charge is -2.37. The summed E-state index contributed by atoms with van der Waals surface area (Å²) < 4.78 is 14.2. The van der Waals surface area contributed by atoms with Crippen molar-refractivity contribution in [1.82, 2.24) is 0 Å². The van der Waals surface area contributed by atoms with Gasteiger partial charge in [-0.1, -0.05) is 114 Å². The van der Waals surface area contributed by atoms with Gasteiger partial charge in [-0.05, 0) is 103 Å². The zero-order chi connectivity index (χ0) is 28.4. The summed E-state index contributed by atoms with van der Waals surface area (Å²) in [5.74, 6) is 0. The number of benzene rings is 4. The predicted molar refractivity (Wildman–Crippen MR) is 174 cm³/mol. The molecule has 2 fully saturated rings. The highest BCUT2D eigenvalue weighted by molar-refractivity contribution is 9.10. The molecule has 0 amide bonds. The van der Waals surface area contributed by atoms with E-state index in [1.54, 1.807) is 0 Å². The van der Waals surface area contributed by atoms with Crippen molar-refractivity contribution in [3.63, 3.8) is 0 Å². The molecule has 3 aliphatic carbocycles. The lowest BCUT2D eigenvalue weighted by atomic mass is 9.62. The smallest absolute Gasteiger partial charge is 0.399 e. The Bertz CT molecular complexity index is 1620. The maximum absolute atomic E-state index is 6.49. The highest BCUT2D eigenvalue weighted by atomic mass is 79.9. The van der Waals surface area contributed by atoms with Crippen LogP contribution in [0.1, 0.15) is 82.1 Å². The van der Waals surface area contributed by atoms with E-state index < -0.39 is 0 Å².